The summed E-state index contributed by atoms with van der Waals surface area (Å²) in [5, 5.41) is 61.5. The average molecular weight is 431 g/mol. The van der Waals surface area contributed by atoms with Gasteiger partial charge in [0.15, 0.2) is 6.29 Å². The van der Waals surface area contributed by atoms with Gasteiger partial charge >= 0.3 is 0 Å². The smallest absolute Gasteiger partial charge is 0.169 e. The molecule has 0 bridgehead atoms. The third kappa shape index (κ3) is 5.31. The summed E-state index contributed by atoms with van der Waals surface area (Å²) in [4.78, 5) is 5.39. The zero-order chi connectivity index (χ0) is 22.4. The summed E-state index contributed by atoms with van der Waals surface area (Å²) in [5.41, 5.74) is 17.7. The van der Waals surface area contributed by atoms with Gasteiger partial charge in [0.05, 0.1) is 30.5 Å². The van der Waals surface area contributed by atoms with Crippen LogP contribution in [0.15, 0.2) is 10.2 Å². The van der Waals surface area contributed by atoms with Gasteiger partial charge in [-0.3, -0.25) is 0 Å². The zero-order valence-corrected chi connectivity index (χ0v) is 16.7. The van der Waals surface area contributed by atoms with E-state index in [1.165, 1.54) is 6.92 Å². The molecule has 0 aromatic rings. The second-order valence-corrected chi connectivity index (χ2v) is 7.54. The van der Waals surface area contributed by atoms with Crippen LogP contribution in [0.5, 0.6) is 0 Å². The van der Waals surface area contributed by atoms with Crippen molar-refractivity contribution in [1.82, 2.24) is 5.32 Å². The number of hydrogen-bond acceptors (Lipinski definition) is 10. The first kappa shape index (κ1) is 24.6. The van der Waals surface area contributed by atoms with Gasteiger partial charge in [-0.15, -0.1) is 0 Å². The number of hydrogen-bond donors (Lipinski definition) is 6. The first-order valence-corrected chi connectivity index (χ1v) is 9.79. The molecular formula is C16H29N7O7. The number of rotatable bonds is 8. The van der Waals surface area contributed by atoms with E-state index in [1.54, 1.807) is 0 Å². The first-order valence-electron chi connectivity index (χ1n) is 9.79. The second kappa shape index (κ2) is 11.1. The Morgan fingerprint density at radius 2 is 1.77 bits per heavy atom. The zero-order valence-electron chi connectivity index (χ0n) is 16.7. The van der Waals surface area contributed by atoms with E-state index < -0.39 is 67.1 Å². The fraction of sp³-hybridized carbons (Fsp3) is 1.00. The quantitative estimate of drug-likeness (QED) is 0.159. The molecule has 14 heteroatoms. The molecule has 1 aliphatic heterocycles. The van der Waals surface area contributed by atoms with Gasteiger partial charge in [-0.05, 0) is 37.4 Å². The monoisotopic (exact) mass is 431 g/mol. The van der Waals surface area contributed by atoms with Crippen LogP contribution in [0.4, 0.5) is 0 Å². The fourth-order valence-electron chi connectivity index (χ4n) is 3.80. The Hall–Kier alpha value is -1.70. The predicted octanol–water partition coefficient (Wildman–Crippen LogP) is -0.949. The summed E-state index contributed by atoms with van der Waals surface area (Å²) >= 11 is 0. The van der Waals surface area contributed by atoms with Gasteiger partial charge in [-0.1, -0.05) is 17.2 Å². The maximum absolute atomic E-state index is 10.6. The Labute approximate surface area is 172 Å². The minimum absolute atomic E-state index is 0.150. The Balaban J connectivity index is 2.28. The Kier molecular flexibility index (Phi) is 9.07. The molecule has 2 rings (SSSR count). The molecule has 4 unspecified atom stereocenters. The molecule has 1 saturated carbocycles. The van der Waals surface area contributed by atoms with Gasteiger partial charge < -0.3 is 40.3 Å². The van der Waals surface area contributed by atoms with Gasteiger partial charge in [0, 0.05) is 15.9 Å². The van der Waals surface area contributed by atoms with E-state index in [9.17, 15) is 25.5 Å². The van der Waals surface area contributed by atoms with Crippen LogP contribution < -0.4 is 5.32 Å². The van der Waals surface area contributed by atoms with Gasteiger partial charge in [0.25, 0.3) is 0 Å². The molecule has 14 nitrogen and oxygen atoms in total. The Bertz CT molecular complexity index is 658. The Morgan fingerprint density at radius 3 is 2.33 bits per heavy atom. The number of aliphatic hydroxyl groups is 5. The normalized spacial score (nSPS) is 42.6. The molecule has 0 aromatic heterocycles. The van der Waals surface area contributed by atoms with Gasteiger partial charge in [0.2, 0.25) is 0 Å². The summed E-state index contributed by atoms with van der Waals surface area (Å²) in [6, 6.07) is -2.87. The number of nitrogens with one attached hydrogen (secondary N) is 1. The van der Waals surface area contributed by atoms with Gasteiger partial charge in [0.1, 0.15) is 24.4 Å². The standard InChI is InChI=1S/C16H29N7O7/c1-3-4-19-7-5-8(20-22-17)15(12(27)10(7)25)30-16-9(21-23-18)11(26)13(28)14(29-16)6(2)24/h6-16,19,24-28H,3-5H2,1-2H3/t6-,7-,8?,9?,10-,11-,12?,13+,14?,15-,16-/m1/s1. The molecular weight excluding hydrogens is 402 g/mol. The lowest BCUT2D eigenvalue weighted by Gasteiger charge is -2.46. The van der Waals surface area contributed by atoms with Crippen LogP contribution in [0, 0.1) is 0 Å². The molecule has 0 amide bonds. The van der Waals surface area contributed by atoms with Crippen LogP contribution in [0.3, 0.4) is 0 Å². The minimum atomic E-state index is -1.62. The fourth-order valence-corrected chi connectivity index (χ4v) is 3.80. The summed E-state index contributed by atoms with van der Waals surface area (Å²) in [6.45, 7) is 3.84. The highest BCUT2D eigenvalue weighted by Gasteiger charge is 2.50. The van der Waals surface area contributed by atoms with Crippen molar-refractivity contribution in [3.8, 4) is 0 Å². The topological polar surface area (TPSA) is 229 Å². The van der Waals surface area contributed by atoms with Crippen molar-refractivity contribution in [3.63, 3.8) is 0 Å². The highest BCUT2D eigenvalue weighted by molar-refractivity contribution is 5.02. The van der Waals surface area contributed by atoms with E-state index in [0.29, 0.717) is 6.54 Å². The highest BCUT2D eigenvalue weighted by Crippen LogP contribution is 2.32. The molecule has 30 heavy (non-hydrogen) atoms. The maximum atomic E-state index is 10.6. The third-order valence-corrected chi connectivity index (χ3v) is 5.39. The van der Waals surface area contributed by atoms with E-state index >= 15 is 0 Å². The number of aliphatic hydroxyl groups excluding tert-OH is 5. The Morgan fingerprint density at radius 1 is 1.10 bits per heavy atom. The van der Waals surface area contributed by atoms with E-state index in [1.807, 2.05) is 6.92 Å². The molecule has 1 aliphatic carbocycles. The number of nitrogens with zero attached hydrogens (tertiary/aromatic N) is 6. The minimum Gasteiger partial charge on any atom is -0.391 e. The largest absolute Gasteiger partial charge is 0.391 e. The van der Waals surface area contributed by atoms with Crippen LogP contribution in [0.25, 0.3) is 20.9 Å². The van der Waals surface area contributed by atoms with Crippen molar-refractivity contribution in [1.29, 1.82) is 0 Å². The molecule has 170 valence electrons. The number of azide groups is 2. The summed E-state index contributed by atoms with van der Waals surface area (Å²) < 4.78 is 11.2. The van der Waals surface area contributed by atoms with Crippen LogP contribution in [0.1, 0.15) is 26.7 Å². The van der Waals surface area contributed by atoms with E-state index in [4.69, 9.17) is 20.5 Å². The lowest BCUT2D eigenvalue weighted by atomic mass is 9.83. The molecule has 1 heterocycles. The van der Waals surface area contributed by atoms with E-state index in [-0.39, 0.29) is 6.42 Å². The lowest BCUT2D eigenvalue weighted by Crippen LogP contribution is -2.64. The number of ether oxygens (including phenoxy) is 2. The van der Waals surface area contributed by atoms with Crippen LogP contribution in [-0.2, 0) is 9.47 Å². The molecule has 1 saturated heterocycles. The molecule has 0 radical (unpaired) electrons. The van der Waals surface area contributed by atoms with Crippen molar-refractivity contribution >= 4 is 0 Å². The molecule has 11 atom stereocenters. The van der Waals surface area contributed by atoms with Crippen molar-refractivity contribution in [3.05, 3.63) is 20.9 Å². The lowest BCUT2D eigenvalue weighted by molar-refractivity contribution is -0.301. The summed E-state index contributed by atoms with van der Waals surface area (Å²) in [6.07, 6.45) is -10.2. The van der Waals surface area contributed by atoms with E-state index in [2.05, 4.69) is 25.4 Å². The molecule has 0 spiro atoms. The van der Waals surface area contributed by atoms with Crippen molar-refractivity contribution < 1.29 is 35.0 Å². The van der Waals surface area contributed by atoms with Gasteiger partial charge in [-0.25, -0.2) is 0 Å². The molecule has 0 aromatic carbocycles. The van der Waals surface area contributed by atoms with E-state index in [0.717, 1.165) is 6.42 Å². The second-order valence-electron chi connectivity index (χ2n) is 7.54. The average Bonchev–Trinajstić information content (AvgIpc) is 2.71. The van der Waals surface area contributed by atoms with Crippen LogP contribution in [0.2, 0.25) is 0 Å². The molecule has 2 fully saturated rings. The molecule has 6 N–H and O–H groups in total. The van der Waals surface area contributed by atoms with Crippen molar-refractivity contribution in [2.24, 2.45) is 10.2 Å². The molecule has 2 aliphatic rings. The van der Waals surface area contributed by atoms with Crippen molar-refractivity contribution in [2.45, 2.75) is 93.8 Å². The summed E-state index contributed by atoms with van der Waals surface area (Å²) in [7, 11) is 0. The first-order chi connectivity index (χ1) is 14.3. The van der Waals surface area contributed by atoms with Crippen LogP contribution >= 0.6 is 0 Å². The SMILES string of the molecule is CCCN[C@@H]1CC(N=[N+]=[N-])[C@@H](O[C@H]2OC([C@@H](C)O)[C@@H](O)[C@H](O)C2N=[N+]=[N-])C(O)[C@@H]1O. The summed E-state index contributed by atoms with van der Waals surface area (Å²) in [5.74, 6) is 0. The third-order valence-electron chi connectivity index (χ3n) is 5.39. The predicted molar refractivity (Wildman–Crippen MR) is 102 cm³/mol. The van der Waals surface area contributed by atoms with Crippen LogP contribution in [-0.4, -0.2) is 99.2 Å². The van der Waals surface area contributed by atoms with Gasteiger partial charge in [-0.2, -0.15) is 0 Å². The van der Waals surface area contributed by atoms with Crippen molar-refractivity contribution in [2.75, 3.05) is 6.54 Å². The maximum Gasteiger partial charge on any atom is 0.169 e. The highest BCUT2D eigenvalue weighted by atomic mass is 16.7.